The first-order valence-electron chi connectivity index (χ1n) is 9.22. The minimum absolute atomic E-state index is 0.313. The number of rotatable bonds is 5. The Balaban J connectivity index is 1.77. The number of hydrogen-bond donors (Lipinski definition) is 1. The molecular weight excluding hydrogens is 260 g/mol. The topological polar surface area (TPSA) is 32.3 Å². The Hall–Kier alpha value is -0.570. The monoisotopic (exact) mass is 294 g/mol. The van der Waals surface area contributed by atoms with Gasteiger partial charge in [-0.2, -0.15) is 0 Å². The molecule has 1 N–H and O–H groups in total. The summed E-state index contributed by atoms with van der Waals surface area (Å²) >= 11 is 0. The van der Waals surface area contributed by atoms with E-state index in [-0.39, 0.29) is 0 Å². The second-order valence-electron chi connectivity index (χ2n) is 7.10. The van der Waals surface area contributed by atoms with Crippen molar-refractivity contribution in [2.24, 2.45) is 5.92 Å². The summed E-state index contributed by atoms with van der Waals surface area (Å²) in [4.78, 5) is 14.8. The lowest BCUT2D eigenvalue weighted by Crippen LogP contribution is -2.45. The Morgan fingerprint density at radius 2 is 1.62 bits per heavy atom. The quantitative estimate of drug-likeness (QED) is 0.784. The fourth-order valence-electron chi connectivity index (χ4n) is 4.01. The molecule has 2 rings (SSSR count). The largest absolute Gasteiger partial charge is 0.343 e. The maximum Gasteiger partial charge on any atom is 0.225 e. The van der Waals surface area contributed by atoms with Crippen LogP contribution in [0.4, 0.5) is 0 Å². The standard InChI is InChI=1S/C18H34N2O/c1-3-14-19-16-10-12-17(13-11-16)20(2)18(21)15-8-6-4-5-7-9-15/h15-17,19H,3-14H2,1-2H3. The van der Waals surface area contributed by atoms with E-state index in [0.717, 1.165) is 19.4 Å². The molecule has 122 valence electrons. The third kappa shape index (κ3) is 4.98. The van der Waals surface area contributed by atoms with Gasteiger partial charge in [-0.1, -0.05) is 32.6 Å². The summed E-state index contributed by atoms with van der Waals surface area (Å²) in [5.74, 6) is 0.746. The maximum absolute atomic E-state index is 12.7. The number of carbonyl (C=O) groups is 1. The van der Waals surface area contributed by atoms with Crippen molar-refractivity contribution in [1.29, 1.82) is 0 Å². The van der Waals surface area contributed by atoms with Gasteiger partial charge in [-0.25, -0.2) is 0 Å². The third-order valence-electron chi connectivity index (χ3n) is 5.48. The predicted octanol–water partition coefficient (Wildman–Crippen LogP) is 3.73. The van der Waals surface area contributed by atoms with E-state index in [1.807, 2.05) is 0 Å². The highest BCUT2D eigenvalue weighted by molar-refractivity contribution is 5.78. The van der Waals surface area contributed by atoms with Crippen LogP contribution in [-0.2, 0) is 4.79 Å². The van der Waals surface area contributed by atoms with E-state index in [2.05, 4.69) is 24.2 Å². The summed E-state index contributed by atoms with van der Waals surface area (Å²) < 4.78 is 0. The summed E-state index contributed by atoms with van der Waals surface area (Å²) in [5.41, 5.74) is 0. The fourth-order valence-corrected chi connectivity index (χ4v) is 4.01. The molecule has 2 fully saturated rings. The van der Waals surface area contributed by atoms with Gasteiger partial charge < -0.3 is 10.2 Å². The van der Waals surface area contributed by atoms with Crippen LogP contribution < -0.4 is 5.32 Å². The summed E-state index contributed by atoms with van der Waals surface area (Å²) in [7, 11) is 2.05. The Kier molecular flexibility index (Phi) is 7.01. The third-order valence-corrected chi connectivity index (χ3v) is 5.48. The van der Waals surface area contributed by atoms with Crippen LogP contribution in [0, 0.1) is 5.92 Å². The van der Waals surface area contributed by atoms with E-state index in [1.54, 1.807) is 0 Å². The first-order chi connectivity index (χ1) is 10.2. The van der Waals surface area contributed by atoms with Crippen molar-refractivity contribution in [2.45, 2.75) is 89.6 Å². The normalized spacial score (nSPS) is 28.1. The smallest absolute Gasteiger partial charge is 0.225 e. The second-order valence-corrected chi connectivity index (χ2v) is 7.10. The number of carbonyl (C=O) groups excluding carboxylic acids is 1. The average Bonchev–Trinajstić information content (AvgIpc) is 2.81. The molecule has 3 heteroatoms. The first kappa shape index (κ1) is 16.8. The Labute approximate surface area is 130 Å². The van der Waals surface area contributed by atoms with Gasteiger partial charge in [0.05, 0.1) is 0 Å². The summed E-state index contributed by atoms with van der Waals surface area (Å²) in [6, 6.07) is 1.17. The van der Waals surface area contributed by atoms with Crippen LogP contribution >= 0.6 is 0 Å². The van der Waals surface area contributed by atoms with Gasteiger partial charge in [0.2, 0.25) is 5.91 Å². The van der Waals surface area contributed by atoms with Gasteiger partial charge in [0.15, 0.2) is 0 Å². The molecule has 0 aliphatic heterocycles. The summed E-state index contributed by atoms with van der Waals surface area (Å²) in [5, 5.41) is 3.63. The molecule has 2 saturated carbocycles. The van der Waals surface area contributed by atoms with E-state index in [0.29, 0.717) is 23.9 Å². The van der Waals surface area contributed by atoms with Crippen molar-refractivity contribution in [3.8, 4) is 0 Å². The summed E-state index contributed by atoms with van der Waals surface area (Å²) in [6.07, 6.45) is 13.4. The Morgan fingerprint density at radius 1 is 1.00 bits per heavy atom. The molecule has 0 aromatic carbocycles. The molecule has 0 aromatic rings. The van der Waals surface area contributed by atoms with Crippen LogP contribution in [-0.4, -0.2) is 36.5 Å². The number of hydrogen-bond acceptors (Lipinski definition) is 2. The predicted molar refractivity (Wildman–Crippen MR) is 88.3 cm³/mol. The average molecular weight is 294 g/mol. The van der Waals surface area contributed by atoms with Crippen LogP contribution in [0.1, 0.15) is 77.6 Å². The molecule has 3 nitrogen and oxygen atoms in total. The number of amides is 1. The molecule has 0 saturated heterocycles. The van der Waals surface area contributed by atoms with Crippen LogP contribution in [0.25, 0.3) is 0 Å². The van der Waals surface area contributed by atoms with Gasteiger partial charge in [-0.3, -0.25) is 4.79 Å². The SMILES string of the molecule is CCCNC1CCC(N(C)C(=O)C2CCCCCC2)CC1. The van der Waals surface area contributed by atoms with Crippen molar-refractivity contribution in [1.82, 2.24) is 10.2 Å². The van der Waals surface area contributed by atoms with Crippen molar-refractivity contribution >= 4 is 5.91 Å². The van der Waals surface area contributed by atoms with Crippen molar-refractivity contribution in [3.05, 3.63) is 0 Å². The molecule has 2 aliphatic carbocycles. The van der Waals surface area contributed by atoms with Gasteiger partial charge >= 0.3 is 0 Å². The van der Waals surface area contributed by atoms with E-state index in [1.165, 1.54) is 57.8 Å². The minimum Gasteiger partial charge on any atom is -0.343 e. The zero-order valence-corrected chi connectivity index (χ0v) is 14.1. The molecule has 0 bridgehead atoms. The maximum atomic E-state index is 12.7. The first-order valence-corrected chi connectivity index (χ1v) is 9.22. The molecule has 1 amide bonds. The lowest BCUT2D eigenvalue weighted by molar-refractivity contribution is -0.137. The van der Waals surface area contributed by atoms with Gasteiger partial charge in [0, 0.05) is 25.0 Å². The fraction of sp³-hybridized carbons (Fsp3) is 0.944. The minimum atomic E-state index is 0.313. The van der Waals surface area contributed by atoms with Gasteiger partial charge in [0.25, 0.3) is 0 Å². The molecule has 2 aliphatic rings. The molecule has 0 aromatic heterocycles. The Bertz CT molecular complexity index is 302. The van der Waals surface area contributed by atoms with E-state index < -0.39 is 0 Å². The van der Waals surface area contributed by atoms with Gasteiger partial charge in [-0.05, 0) is 51.5 Å². The van der Waals surface area contributed by atoms with Crippen molar-refractivity contribution in [3.63, 3.8) is 0 Å². The van der Waals surface area contributed by atoms with E-state index in [9.17, 15) is 4.79 Å². The van der Waals surface area contributed by atoms with Crippen LogP contribution in [0.2, 0.25) is 0 Å². The lowest BCUT2D eigenvalue weighted by atomic mass is 9.89. The zero-order chi connectivity index (χ0) is 15.1. The molecule has 21 heavy (non-hydrogen) atoms. The highest BCUT2D eigenvalue weighted by Crippen LogP contribution is 2.28. The highest BCUT2D eigenvalue weighted by atomic mass is 16.2. The number of nitrogens with one attached hydrogen (secondary N) is 1. The van der Waals surface area contributed by atoms with Crippen LogP contribution in [0.5, 0.6) is 0 Å². The van der Waals surface area contributed by atoms with E-state index >= 15 is 0 Å². The van der Waals surface area contributed by atoms with Gasteiger partial charge in [-0.15, -0.1) is 0 Å². The lowest BCUT2D eigenvalue weighted by Gasteiger charge is -2.36. The van der Waals surface area contributed by atoms with Crippen LogP contribution in [0.3, 0.4) is 0 Å². The molecule has 0 heterocycles. The number of nitrogens with zero attached hydrogens (tertiary/aromatic N) is 1. The van der Waals surface area contributed by atoms with Crippen molar-refractivity contribution < 1.29 is 4.79 Å². The molecule has 0 spiro atoms. The molecular formula is C18H34N2O. The summed E-state index contributed by atoms with van der Waals surface area (Å²) in [6.45, 7) is 3.35. The second kappa shape index (κ2) is 8.77. The van der Waals surface area contributed by atoms with E-state index in [4.69, 9.17) is 0 Å². The molecule has 0 atom stereocenters. The zero-order valence-electron chi connectivity index (χ0n) is 14.1. The van der Waals surface area contributed by atoms with Crippen molar-refractivity contribution in [2.75, 3.05) is 13.6 Å². The van der Waals surface area contributed by atoms with Crippen LogP contribution in [0.15, 0.2) is 0 Å². The van der Waals surface area contributed by atoms with Gasteiger partial charge in [0.1, 0.15) is 0 Å². The highest BCUT2D eigenvalue weighted by Gasteiger charge is 2.30. The Morgan fingerprint density at radius 3 is 2.19 bits per heavy atom. The molecule has 0 unspecified atom stereocenters. The molecule has 0 radical (unpaired) electrons.